The van der Waals surface area contributed by atoms with Crippen LogP contribution in [0.25, 0.3) is 0 Å². The number of hydrogen-bond donors (Lipinski definition) is 1. The summed E-state index contributed by atoms with van der Waals surface area (Å²) in [5, 5.41) is 3.25. The number of ketones is 1. The molecule has 0 amide bonds. The summed E-state index contributed by atoms with van der Waals surface area (Å²) in [4.78, 5) is 10.6. The maximum absolute atomic E-state index is 10.6. The number of carbonyl (C=O) groups is 1. The molecule has 0 atom stereocenters. The lowest BCUT2D eigenvalue weighted by Gasteiger charge is -2.08. The van der Waals surface area contributed by atoms with Crippen LogP contribution in [-0.4, -0.2) is 44.8 Å². The highest BCUT2D eigenvalue weighted by molar-refractivity contribution is 5.75. The number of nitrogens with one attached hydrogen (secondary N) is 1. The van der Waals surface area contributed by atoms with Crippen molar-refractivity contribution in [2.75, 3.05) is 33.0 Å². The van der Waals surface area contributed by atoms with Gasteiger partial charge in [-0.05, 0) is 6.92 Å². The largest absolute Gasteiger partial charge is 0.379 e. The summed E-state index contributed by atoms with van der Waals surface area (Å²) in [5.41, 5.74) is 0. The highest BCUT2D eigenvalue weighted by atomic mass is 16.5. The number of Topliss-reactive ketones (excluding diaryl/α,β-unsaturated/α-hetero) is 1. The van der Waals surface area contributed by atoms with E-state index in [0.717, 1.165) is 6.54 Å². The SMILES string of the molecule is CC.CC(=O)CCOCCOCCNC(C)C. The smallest absolute Gasteiger partial charge is 0.132 e. The topological polar surface area (TPSA) is 47.6 Å². The van der Waals surface area contributed by atoms with E-state index in [2.05, 4.69) is 19.2 Å². The molecule has 4 nitrogen and oxygen atoms in total. The summed E-state index contributed by atoms with van der Waals surface area (Å²) in [6.07, 6.45) is 0.495. The van der Waals surface area contributed by atoms with Crippen LogP contribution in [0.4, 0.5) is 0 Å². The van der Waals surface area contributed by atoms with Crippen molar-refractivity contribution >= 4 is 5.78 Å². The van der Waals surface area contributed by atoms with Crippen LogP contribution in [-0.2, 0) is 14.3 Å². The second kappa shape index (κ2) is 15.6. The first-order valence-corrected chi connectivity index (χ1v) is 6.51. The van der Waals surface area contributed by atoms with Gasteiger partial charge in [-0.3, -0.25) is 4.79 Å². The quantitative estimate of drug-likeness (QED) is 0.600. The van der Waals surface area contributed by atoms with Gasteiger partial charge in [-0.25, -0.2) is 0 Å². The van der Waals surface area contributed by atoms with Crippen molar-refractivity contribution in [1.29, 1.82) is 0 Å². The van der Waals surface area contributed by atoms with Gasteiger partial charge in [-0.1, -0.05) is 27.7 Å². The predicted molar refractivity (Wildman–Crippen MR) is 71.4 cm³/mol. The number of ether oxygens (including phenoxy) is 2. The Balaban J connectivity index is 0. The van der Waals surface area contributed by atoms with E-state index in [1.807, 2.05) is 13.8 Å². The Morgan fingerprint density at radius 1 is 1.06 bits per heavy atom. The molecular weight excluding hydrogens is 218 g/mol. The third-order valence-electron chi connectivity index (χ3n) is 1.77. The molecule has 104 valence electrons. The van der Waals surface area contributed by atoms with Crippen molar-refractivity contribution in [1.82, 2.24) is 5.32 Å². The number of hydrogen-bond acceptors (Lipinski definition) is 4. The minimum atomic E-state index is 0.164. The molecule has 0 saturated carbocycles. The van der Waals surface area contributed by atoms with E-state index in [4.69, 9.17) is 9.47 Å². The highest BCUT2D eigenvalue weighted by Crippen LogP contribution is 1.85. The van der Waals surface area contributed by atoms with E-state index in [1.165, 1.54) is 0 Å². The van der Waals surface area contributed by atoms with Crippen molar-refractivity contribution in [2.45, 2.75) is 47.1 Å². The zero-order valence-corrected chi connectivity index (χ0v) is 12.0. The molecule has 0 saturated heterocycles. The molecule has 0 spiro atoms. The summed E-state index contributed by atoms with van der Waals surface area (Å²) < 4.78 is 10.5. The van der Waals surface area contributed by atoms with Gasteiger partial charge in [0.15, 0.2) is 0 Å². The summed E-state index contributed by atoms with van der Waals surface area (Å²) in [6, 6.07) is 0.500. The van der Waals surface area contributed by atoms with Crippen LogP contribution < -0.4 is 5.32 Å². The standard InChI is InChI=1S/C11H23NO3.C2H6/c1-10(2)12-5-7-15-9-8-14-6-4-11(3)13;1-2/h10,12H,4-9H2,1-3H3;1-2H3. The molecule has 0 aromatic carbocycles. The van der Waals surface area contributed by atoms with Crippen LogP contribution >= 0.6 is 0 Å². The van der Waals surface area contributed by atoms with Gasteiger partial charge in [0.05, 0.1) is 26.4 Å². The van der Waals surface area contributed by atoms with Crippen LogP contribution in [0.2, 0.25) is 0 Å². The van der Waals surface area contributed by atoms with Crippen molar-refractivity contribution in [3.8, 4) is 0 Å². The van der Waals surface area contributed by atoms with Gasteiger partial charge in [0.1, 0.15) is 5.78 Å². The summed E-state index contributed by atoms with van der Waals surface area (Å²) in [7, 11) is 0. The van der Waals surface area contributed by atoms with Gasteiger partial charge in [-0.15, -0.1) is 0 Å². The van der Waals surface area contributed by atoms with E-state index < -0.39 is 0 Å². The van der Waals surface area contributed by atoms with Gasteiger partial charge in [0.2, 0.25) is 0 Å². The van der Waals surface area contributed by atoms with Crippen molar-refractivity contribution in [3.05, 3.63) is 0 Å². The Bertz CT molecular complexity index is 161. The van der Waals surface area contributed by atoms with Crippen LogP contribution in [0, 0.1) is 0 Å². The van der Waals surface area contributed by atoms with Gasteiger partial charge in [0.25, 0.3) is 0 Å². The van der Waals surface area contributed by atoms with Crippen LogP contribution in [0.1, 0.15) is 41.0 Å². The van der Waals surface area contributed by atoms with Crippen LogP contribution in [0.15, 0.2) is 0 Å². The molecule has 0 rings (SSSR count). The molecule has 0 fully saturated rings. The maximum atomic E-state index is 10.6. The second-order valence-electron chi connectivity index (χ2n) is 3.79. The molecule has 0 aliphatic rings. The molecule has 0 aromatic rings. The van der Waals surface area contributed by atoms with Crippen molar-refractivity contribution in [2.24, 2.45) is 0 Å². The third kappa shape index (κ3) is 21.4. The normalized spacial score (nSPS) is 10.0. The highest BCUT2D eigenvalue weighted by Gasteiger charge is 1.94. The zero-order chi connectivity index (χ0) is 13.5. The summed E-state index contributed by atoms with van der Waals surface area (Å²) in [5.74, 6) is 0.164. The lowest BCUT2D eigenvalue weighted by molar-refractivity contribution is -0.118. The van der Waals surface area contributed by atoms with Crippen molar-refractivity contribution in [3.63, 3.8) is 0 Å². The first kappa shape index (κ1) is 18.9. The average molecular weight is 247 g/mol. The molecule has 0 unspecified atom stereocenters. The Morgan fingerprint density at radius 2 is 1.59 bits per heavy atom. The molecule has 0 radical (unpaired) electrons. The van der Waals surface area contributed by atoms with Gasteiger partial charge in [0, 0.05) is 19.0 Å². The van der Waals surface area contributed by atoms with E-state index in [9.17, 15) is 4.79 Å². The molecule has 0 aliphatic heterocycles. The molecule has 0 aliphatic carbocycles. The minimum Gasteiger partial charge on any atom is -0.379 e. The minimum absolute atomic E-state index is 0.164. The fraction of sp³-hybridized carbons (Fsp3) is 0.923. The summed E-state index contributed by atoms with van der Waals surface area (Å²) in [6.45, 7) is 13.0. The second-order valence-corrected chi connectivity index (χ2v) is 3.79. The van der Waals surface area contributed by atoms with E-state index >= 15 is 0 Å². The zero-order valence-electron chi connectivity index (χ0n) is 12.0. The number of carbonyl (C=O) groups excluding carboxylic acids is 1. The predicted octanol–water partition coefficient (Wildman–Crippen LogP) is 2.02. The summed E-state index contributed by atoms with van der Waals surface area (Å²) >= 11 is 0. The van der Waals surface area contributed by atoms with Gasteiger partial charge in [-0.2, -0.15) is 0 Å². The Kier molecular flexibility index (Phi) is 17.3. The molecule has 17 heavy (non-hydrogen) atoms. The first-order valence-electron chi connectivity index (χ1n) is 6.51. The van der Waals surface area contributed by atoms with Crippen LogP contribution in [0.3, 0.4) is 0 Å². The first-order chi connectivity index (χ1) is 8.13. The van der Waals surface area contributed by atoms with Gasteiger partial charge >= 0.3 is 0 Å². The molecule has 4 heteroatoms. The Hall–Kier alpha value is -0.450. The van der Waals surface area contributed by atoms with Crippen molar-refractivity contribution < 1.29 is 14.3 Å². The lowest BCUT2D eigenvalue weighted by Crippen LogP contribution is -2.27. The molecular formula is C13H29NO3. The number of rotatable bonds is 10. The fourth-order valence-electron chi connectivity index (χ4n) is 0.958. The van der Waals surface area contributed by atoms with E-state index in [0.29, 0.717) is 38.9 Å². The Labute approximate surface area is 106 Å². The molecule has 0 heterocycles. The van der Waals surface area contributed by atoms with E-state index in [1.54, 1.807) is 6.92 Å². The fourth-order valence-corrected chi connectivity index (χ4v) is 0.958. The maximum Gasteiger partial charge on any atom is 0.132 e. The van der Waals surface area contributed by atoms with Gasteiger partial charge < -0.3 is 14.8 Å². The molecule has 0 bridgehead atoms. The molecule has 1 N–H and O–H groups in total. The third-order valence-corrected chi connectivity index (χ3v) is 1.77. The molecule has 0 aromatic heterocycles. The van der Waals surface area contributed by atoms with E-state index in [-0.39, 0.29) is 5.78 Å². The Morgan fingerprint density at radius 3 is 2.06 bits per heavy atom. The average Bonchev–Trinajstić information content (AvgIpc) is 2.29. The van der Waals surface area contributed by atoms with Crippen LogP contribution in [0.5, 0.6) is 0 Å². The monoisotopic (exact) mass is 247 g/mol. The lowest BCUT2D eigenvalue weighted by atomic mass is 10.3.